The summed E-state index contributed by atoms with van der Waals surface area (Å²) >= 11 is 0. The van der Waals surface area contributed by atoms with Crippen molar-refractivity contribution in [1.29, 1.82) is 5.26 Å². The monoisotopic (exact) mass is 385 g/mol. The van der Waals surface area contributed by atoms with Crippen LogP contribution in [-0.2, 0) is 6.54 Å². The number of hydrogen-bond donors (Lipinski definition) is 0. The molecule has 2 unspecified atom stereocenters. The van der Waals surface area contributed by atoms with E-state index in [9.17, 15) is 13.2 Å². The van der Waals surface area contributed by atoms with Crippen molar-refractivity contribution < 1.29 is 17.9 Å². The Kier molecular flexibility index (Phi) is 5.03. The van der Waals surface area contributed by atoms with E-state index in [0.717, 1.165) is 37.2 Å². The normalized spacial score (nSPS) is 23.9. The molecule has 3 nitrogen and oxygen atoms in total. The third kappa shape index (κ3) is 4.48. The number of benzene rings is 2. The average Bonchev–Trinajstić information content (AvgIpc) is 3.10. The number of rotatable bonds is 6. The highest BCUT2D eigenvalue weighted by Gasteiger charge is 2.54. The van der Waals surface area contributed by atoms with E-state index in [0.29, 0.717) is 23.3 Å². The minimum absolute atomic E-state index is 0.178. The van der Waals surface area contributed by atoms with Gasteiger partial charge in [0.25, 0.3) is 0 Å². The lowest BCUT2D eigenvalue weighted by molar-refractivity contribution is -0.274. The first kappa shape index (κ1) is 18.8. The third-order valence-electron chi connectivity index (χ3n) is 5.63. The number of hydrogen-bond acceptors (Lipinski definition) is 3. The Morgan fingerprint density at radius 3 is 2.57 bits per heavy atom. The standard InChI is InChI=1S/C22H20F3N2O/c23-22(24,25)28-18-6-2-3-15(10-18)7-8-19-20-13-27(14-21(19)20)12-17-5-1-4-16(9-17)11-26/h1-7,9-10,19-21H,8,12-14H2. The van der Waals surface area contributed by atoms with E-state index in [1.165, 1.54) is 12.1 Å². The highest BCUT2D eigenvalue weighted by atomic mass is 19.4. The van der Waals surface area contributed by atoms with Gasteiger partial charge in [-0.2, -0.15) is 5.26 Å². The van der Waals surface area contributed by atoms with E-state index in [1.807, 2.05) is 30.7 Å². The van der Waals surface area contributed by atoms with Gasteiger partial charge in [-0.25, -0.2) is 0 Å². The van der Waals surface area contributed by atoms with Crippen LogP contribution in [0.2, 0.25) is 0 Å². The van der Waals surface area contributed by atoms with Crippen LogP contribution in [0.4, 0.5) is 13.2 Å². The van der Waals surface area contributed by atoms with Gasteiger partial charge in [-0.3, -0.25) is 4.90 Å². The summed E-state index contributed by atoms with van der Waals surface area (Å²) in [6, 6.07) is 16.0. The largest absolute Gasteiger partial charge is 0.573 e. The summed E-state index contributed by atoms with van der Waals surface area (Å²) in [6.45, 7) is 2.93. The van der Waals surface area contributed by atoms with Gasteiger partial charge in [0.05, 0.1) is 11.6 Å². The predicted octanol–water partition coefficient (Wildman–Crippen LogP) is 4.78. The van der Waals surface area contributed by atoms with Crippen molar-refractivity contribution in [2.45, 2.75) is 19.3 Å². The molecule has 4 rings (SSSR count). The average molecular weight is 385 g/mol. The molecule has 0 bridgehead atoms. The molecule has 1 saturated carbocycles. The lowest BCUT2D eigenvalue weighted by Crippen LogP contribution is -2.24. The molecule has 6 heteroatoms. The van der Waals surface area contributed by atoms with Crippen molar-refractivity contribution >= 4 is 0 Å². The summed E-state index contributed by atoms with van der Waals surface area (Å²) in [7, 11) is 0. The molecular formula is C22H20F3N2O. The summed E-state index contributed by atoms with van der Waals surface area (Å²) in [5.41, 5.74) is 2.60. The second kappa shape index (κ2) is 7.48. The van der Waals surface area contributed by atoms with Crippen LogP contribution in [0, 0.1) is 35.5 Å². The molecule has 0 amide bonds. The molecule has 2 atom stereocenters. The first-order valence-corrected chi connectivity index (χ1v) is 9.32. The van der Waals surface area contributed by atoms with Crippen molar-refractivity contribution in [1.82, 2.24) is 4.90 Å². The zero-order chi connectivity index (χ0) is 19.7. The molecule has 0 aromatic heterocycles. The predicted molar refractivity (Wildman–Crippen MR) is 98.0 cm³/mol. The molecule has 1 aliphatic carbocycles. The first-order chi connectivity index (χ1) is 13.4. The van der Waals surface area contributed by atoms with Crippen molar-refractivity contribution in [2.24, 2.45) is 17.8 Å². The van der Waals surface area contributed by atoms with Gasteiger partial charge < -0.3 is 4.74 Å². The summed E-state index contributed by atoms with van der Waals surface area (Å²) in [4.78, 5) is 2.42. The first-order valence-electron chi connectivity index (χ1n) is 9.32. The highest BCUT2D eigenvalue weighted by Crippen LogP contribution is 2.54. The van der Waals surface area contributed by atoms with Crippen LogP contribution < -0.4 is 4.74 Å². The Balaban J connectivity index is 1.25. The quantitative estimate of drug-likeness (QED) is 0.718. The van der Waals surface area contributed by atoms with Gasteiger partial charge in [-0.1, -0.05) is 24.3 Å². The molecule has 0 N–H and O–H groups in total. The van der Waals surface area contributed by atoms with Gasteiger partial charge in [0.2, 0.25) is 0 Å². The molecule has 0 spiro atoms. The Morgan fingerprint density at radius 1 is 1.11 bits per heavy atom. The molecule has 2 aromatic rings. The topological polar surface area (TPSA) is 36.3 Å². The van der Waals surface area contributed by atoms with Crippen LogP contribution in [-0.4, -0.2) is 24.4 Å². The molecule has 2 fully saturated rings. The molecule has 145 valence electrons. The molecule has 2 aliphatic rings. The fourth-order valence-corrected chi connectivity index (χ4v) is 4.32. The van der Waals surface area contributed by atoms with E-state index in [2.05, 4.69) is 15.7 Å². The number of nitrogens with zero attached hydrogens (tertiary/aromatic N) is 2. The van der Waals surface area contributed by atoms with Gasteiger partial charge in [-0.15, -0.1) is 13.2 Å². The lowest BCUT2D eigenvalue weighted by Gasteiger charge is -2.19. The Hall–Kier alpha value is -2.52. The third-order valence-corrected chi connectivity index (χ3v) is 5.63. The van der Waals surface area contributed by atoms with Gasteiger partial charge in [0.15, 0.2) is 0 Å². The SMILES string of the molecule is N#Cc1cccc(CN2CC3C(C[CH]c4cccc(OC(F)(F)F)c4)C3C2)c1. The van der Waals surface area contributed by atoms with Crippen LogP contribution in [0.5, 0.6) is 5.75 Å². The van der Waals surface area contributed by atoms with Crippen LogP contribution in [0.25, 0.3) is 0 Å². The maximum absolute atomic E-state index is 12.3. The Bertz CT molecular complexity index is 878. The van der Waals surface area contributed by atoms with Gasteiger partial charge in [-0.05, 0) is 66.0 Å². The van der Waals surface area contributed by atoms with E-state index >= 15 is 0 Å². The van der Waals surface area contributed by atoms with Gasteiger partial charge in [0, 0.05) is 19.6 Å². The van der Waals surface area contributed by atoms with E-state index in [4.69, 9.17) is 5.26 Å². The van der Waals surface area contributed by atoms with Crippen molar-refractivity contribution in [2.75, 3.05) is 13.1 Å². The summed E-state index contributed by atoms with van der Waals surface area (Å²) in [5, 5.41) is 9.00. The van der Waals surface area contributed by atoms with E-state index in [-0.39, 0.29) is 5.75 Å². The number of halogens is 3. The summed E-state index contributed by atoms with van der Waals surface area (Å²) < 4.78 is 41.0. The lowest BCUT2D eigenvalue weighted by atomic mass is 10.0. The Labute approximate surface area is 162 Å². The zero-order valence-electron chi connectivity index (χ0n) is 15.2. The highest BCUT2D eigenvalue weighted by molar-refractivity contribution is 5.34. The second-order valence-corrected chi connectivity index (χ2v) is 7.56. The number of nitriles is 1. The molecule has 1 heterocycles. The molecular weight excluding hydrogens is 365 g/mol. The van der Waals surface area contributed by atoms with Gasteiger partial charge in [0.1, 0.15) is 5.75 Å². The number of alkyl halides is 3. The van der Waals surface area contributed by atoms with Crippen molar-refractivity contribution in [3.05, 3.63) is 71.6 Å². The number of fused-ring (bicyclic) bond motifs is 1. The van der Waals surface area contributed by atoms with Crippen molar-refractivity contribution in [3.8, 4) is 11.8 Å². The van der Waals surface area contributed by atoms with Gasteiger partial charge >= 0.3 is 6.36 Å². The minimum Gasteiger partial charge on any atom is -0.406 e. The summed E-state index contributed by atoms with van der Waals surface area (Å²) in [6.07, 6.45) is -1.78. The summed E-state index contributed by atoms with van der Waals surface area (Å²) in [5.74, 6) is 1.74. The Morgan fingerprint density at radius 2 is 1.86 bits per heavy atom. The van der Waals surface area contributed by atoms with E-state index < -0.39 is 6.36 Å². The van der Waals surface area contributed by atoms with Crippen LogP contribution >= 0.6 is 0 Å². The molecule has 1 saturated heterocycles. The minimum atomic E-state index is -4.66. The van der Waals surface area contributed by atoms with Crippen LogP contribution in [0.3, 0.4) is 0 Å². The molecule has 28 heavy (non-hydrogen) atoms. The van der Waals surface area contributed by atoms with E-state index in [1.54, 1.807) is 12.1 Å². The smallest absolute Gasteiger partial charge is 0.406 e. The zero-order valence-corrected chi connectivity index (χ0v) is 15.2. The van der Waals surface area contributed by atoms with Crippen LogP contribution in [0.1, 0.15) is 23.1 Å². The van der Waals surface area contributed by atoms with Crippen molar-refractivity contribution in [3.63, 3.8) is 0 Å². The number of likely N-dealkylation sites (tertiary alicyclic amines) is 1. The second-order valence-electron chi connectivity index (χ2n) is 7.56. The maximum atomic E-state index is 12.3. The molecule has 1 radical (unpaired) electrons. The fraction of sp³-hybridized carbons (Fsp3) is 0.364. The number of ether oxygens (including phenoxy) is 1. The number of piperidine rings is 1. The maximum Gasteiger partial charge on any atom is 0.573 e. The molecule has 2 aromatic carbocycles. The van der Waals surface area contributed by atoms with Crippen LogP contribution in [0.15, 0.2) is 48.5 Å². The fourth-order valence-electron chi connectivity index (χ4n) is 4.32. The molecule has 1 aliphatic heterocycles.